The van der Waals surface area contributed by atoms with Gasteiger partial charge in [0.1, 0.15) is 0 Å². The molecule has 0 radical (unpaired) electrons. The van der Waals surface area contributed by atoms with Crippen molar-refractivity contribution in [2.75, 3.05) is 12.4 Å². The topological polar surface area (TPSA) is 32.3 Å². The van der Waals surface area contributed by atoms with Gasteiger partial charge in [-0.3, -0.25) is 0 Å². The van der Waals surface area contributed by atoms with Gasteiger partial charge >= 0.3 is 0 Å². The van der Waals surface area contributed by atoms with E-state index in [1.165, 1.54) is 69.2 Å². The summed E-state index contributed by atoms with van der Waals surface area (Å²) < 4.78 is 5.41. The van der Waals surface area contributed by atoms with Crippen LogP contribution in [0.2, 0.25) is 0 Å². The normalized spacial score (nSPS) is 13.6. The van der Waals surface area contributed by atoms with Gasteiger partial charge in [0.05, 0.1) is 6.61 Å². The first-order valence-corrected chi connectivity index (χ1v) is 13.0. The van der Waals surface area contributed by atoms with E-state index in [1.54, 1.807) is 0 Å². The Bertz CT molecular complexity index is 247. The minimum atomic E-state index is -2.82. The van der Waals surface area contributed by atoms with E-state index in [1.807, 2.05) is 0 Å². The second-order valence-electron chi connectivity index (χ2n) is 5.65. The summed E-state index contributed by atoms with van der Waals surface area (Å²) >= 11 is 6.44. The largest absolute Gasteiger partial charge is 0.793 e. The van der Waals surface area contributed by atoms with Crippen molar-refractivity contribution in [1.82, 2.24) is 0 Å². The average Bonchev–Trinajstić information content (AvgIpc) is 2.45. The zero-order valence-corrected chi connectivity index (χ0v) is 21.3. The molecule has 1 unspecified atom stereocenters. The molecule has 22 heavy (non-hydrogen) atoms. The van der Waals surface area contributed by atoms with E-state index in [0.717, 1.165) is 25.0 Å². The van der Waals surface area contributed by atoms with Crippen LogP contribution in [0.5, 0.6) is 0 Å². The van der Waals surface area contributed by atoms with Gasteiger partial charge < -0.3 is 9.42 Å². The van der Waals surface area contributed by atoms with Crippen molar-refractivity contribution in [3.05, 3.63) is 0 Å². The van der Waals surface area contributed by atoms with E-state index in [2.05, 4.69) is 13.8 Å². The summed E-state index contributed by atoms with van der Waals surface area (Å²) in [6, 6.07) is 0. The van der Waals surface area contributed by atoms with Crippen LogP contribution in [0.25, 0.3) is 0 Å². The smallest absolute Gasteiger partial charge is 0.0513 e. The molecule has 0 aromatic carbocycles. The SMILES string of the molecule is CCCCCCCCOP([O-])(=S)SCCCCCCCC.[Cd]. The molecule has 0 N–H and O–H groups in total. The molecule has 0 saturated carbocycles. The van der Waals surface area contributed by atoms with E-state index >= 15 is 0 Å². The molecular formula is C16H34CdO2PS2-. The van der Waals surface area contributed by atoms with Crippen molar-refractivity contribution in [2.24, 2.45) is 0 Å². The van der Waals surface area contributed by atoms with Crippen molar-refractivity contribution in [1.29, 1.82) is 0 Å². The Kier molecular flexibility index (Phi) is 22.7. The van der Waals surface area contributed by atoms with Crippen molar-refractivity contribution < 1.29 is 36.7 Å². The maximum absolute atomic E-state index is 12.0. The van der Waals surface area contributed by atoms with Crippen molar-refractivity contribution in [3.63, 3.8) is 0 Å². The average molecular weight is 466 g/mol. The van der Waals surface area contributed by atoms with E-state index in [0.29, 0.717) is 6.61 Å². The molecule has 0 aliphatic heterocycles. The van der Waals surface area contributed by atoms with E-state index in [4.69, 9.17) is 16.3 Å². The van der Waals surface area contributed by atoms with Crippen molar-refractivity contribution in [3.8, 4) is 0 Å². The molecular weight excluding hydrogens is 432 g/mol. The van der Waals surface area contributed by atoms with Crippen LogP contribution < -0.4 is 4.89 Å². The molecule has 2 nitrogen and oxygen atoms in total. The van der Waals surface area contributed by atoms with Crippen molar-refractivity contribution >= 4 is 28.9 Å². The third kappa shape index (κ3) is 19.9. The Morgan fingerprint density at radius 3 is 1.82 bits per heavy atom. The maximum Gasteiger partial charge on any atom is 0.0513 e. The Hall–Kier alpha value is 1.84. The maximum atomic E-state index is 12.0. The summed E-state index contributed by atoms with van der Waals surface area (Å²) in [7, 11) is 0. The van der Waals surface area contributed by atoms with Gasteiger partial charge in [-0.25, -0.2) is 0 Å². The summed E-state index contributed by atoms with van der Waals surface area (Å²) in [4.78, 5) is 12.0. The molecule has 0 rings (SSSR count). The first-order chi connectivity index (χ1) is 10.1. The van der Waals surface area contributed by atoms with Gasteiger partial charge in [0.15, 0.2) is 0 Å². The molecule has 0 heterocycles. The van der Waals surface area contributed by atoms with E-state index < -0.39 is 5.69 Å². The van der Waals surface area contributed by atoms with Gasteiger partial charge in [-0.2, -0.15) is 0 Å². The first-order valence-electron chi connectivity index (χ1n) is 8.72. The fourth-order valence-corrected chi connectivity index (χ4v) is 5.54. The Morgan fingerprint density at radius 1 is 0.818 bits per heavy atom. The summed E-state index contributed by atoms with van der Waals surface area (Å²) in [6.07, 6.45) is 14.8. The summed E-state index contributed by atoms with van der Waals surface area (Å²) in [5.74, 6) is 0.878. The van der Waals surface area contributed by atoms with Crippen LogP contribution in [-0.4, -0.2) is 12.4 Å². The van der Waals surface area contributed by atoms with Crippen LogP contribution in [0, 0.1) is 0 Å². The molecule has 6 heteroatoms. The number of rotatable bonds is 16. The molecule has 0 aliphatic rings. The minimum Gasteiger partial charge on any atom is -0.793 e. The third-order valence-electron chi connectivity index (χ3n) is 3.49. The van der Waals surface area contributed by atoms with Crippen LogP contribution >= 0.6 is 17.1 Å². The standard InChI is InChI=1S/C16H35O2PS2.Cd/c1-3-5-7-9-11-13-15-18-19(17,20)21-16-14-12-10-8-6-4-2;/h3-16H2,1-2H3,(H,17,20);/p-1. The van der Waals surface area contributed by atoms with Gasteiger partial charge in [-0.15, -0.1) is 11.4 Å². The molecule has 130 valence electrons. The van der Waals surface area contributed by atoms with Gasteiger partial charge in [-0.1, -0.05) is 89.9 Å². The molecule has 0 bridgehead atoms. The summed E-state index contributed by atoms with van der Waals surface area (Å²) in [5, 5.41) is 0. The Balaban J connectivity index is 0. The molecule has 0 amide bonds. The predicted molar refractivity (Wildman–Crippen MR) is 99.4 cm³/mol. The fraction of sp³-hybridized carbons (Fsp3) is 1.00. The quantitative estimate of drug-likeness (QED) is 0.158. The molecule has 0 fully saturated rings. The number of hydrogen-bond donors (Lipinski definition) is 0. The molecule has 0 aliphatic carbocycles. The van der Waals surface area contributed by atoms with Gasteiger partial charge in [0.2, 0.25) is 0 Å². The zero-order valence-electron chi connectivity index (χ0n) is 14.7. The number of unbranched alkanes of at least 4 members (excludes halogenated alkanes) is 10. The minimum absolute atomic E-state index is 0. The zero-order chi connectivity index (χ0) is 15.8. The Labute approximate surface area is 168 Å². The van der Waals surface area contributed by atoms with Crippen LogP contribution in [0.15, 0.2) is 0 Å². The monoisotopic (exact) mass is 467 g/mol. The molecule has 0 spiro atoms. The van der Waals surface area contributed by atoms with Crippen LogP contribution in [0.3, 0.4) is 0 Å². The van der Waals surface area contributed by atoms with Crippen LogP contribution in [-0.2, 0) is 43.6 Å². The van der Waals surface area contributed by atoms with Gasteiger partial charge in [0.25, 0.3) is 0 Å². The van der Waals surface area contributed by atoms with E-state index in [9.17, 15) is 4.89 Å². The third-order valence-corrected chi connectivity index (χ3v) is 7.86. The molecule has 0 saturated heterocycles. The second-order valence-corrected chi connectivity index (χ2v) is 11.8. The second kappa shape index (κ2) is 19.2. The summed E-state index contributed by atoms with van der Waals surface area (Å²) in [5.41, 5.74) is -2.82. The molecule has 0 aromatic heterocycles. The Morgan fingerprint density at radius 2 is 1.27 bits per heavy atom. The van der Waals surface area contributed by atoms with E-state index in [-0.39, 0.29) is 27.3 Å². The van der Waals surface area contributed by atoms with Gasteiger partial charge in [-0.05, 0) is 18.6 Å². The van der Waals surface area contributed by atoms with Crippen LogP contribution in [0.4, 0.5) is 0 Å². The molecule has 0 aromatic rings. The predicted octanol–water partition coefficient (Wildman–Crippen LogP) is 6.04. The fourth-order valence-electron chi connectivity index (χ4n) is 2.15. The van der Waals surface area contributed by atoms with Crippen LogP contribution in [0.1, 0.15) is 90.9 Å². The summed E-state index contributed by atoms with van der Waals surface area (Å²) in [6.45, 7) is 5.01. The first kappa shape index (κ1) is 26.1. The van der Waals surface area contributed by atoms with Gasteiger partial charge in [0, 0.05) is 33.0 Å². The number of hydrogen-bond acceptors (Lipinski definition) is 4. The van der Waals surface area contributed by atoms with Crippen molar-refractivity contribution in [2.45, 2.75) is 90.9 Å². The molecule has 1 atom stereocenters.